The van der Waals surface area contributed by atoms with Crippen LogP contribution < -0.4 is 15.2 Å². The molecule has 0 saturated heterocycles. The number of methoxy groups -OCH3 is 1. The number of hydrogen-bond donors (Lipinski definition) is 1. The Hall–Kier alpha value is -3.61. The van der Waals surface area contributed by atoms with Crippen molar-refractivity contribution in [1.82, 2.24) is 0 Å². The van der Waals surface area contributed by atoms with E-state index < -0.39 is 11.9 Å². The summed E-state index contributed by atoms with van der Waals surface area (Å²) in [6.45, 7) is -0.193. The Bertz CT molecular complexity index is 900. The molecular formula is C19H16N2O5. The smallest absolute Gasteiger partial charge is 0.363 e. The average Bonchev–Trinajstić information content (AvgIpc) is 3.02. The van der Waals surface area contributed by atoms with Gasteiger partial charge in [-0.25, -0.2) is 9.79 Å². The minimum Gasteiger partial charge on any atom is -0.497 e. The van der Waals surface area contributed by atoms with Crippen molar-refractivity contribution in [3.05, 3.63) is 65.4 Å². The first-order chi connectivity index (χ1) is 12.5. The molecule has 0 unspecified atom stereocenters. The third kappa shape index (κ3) is 4.07. The summed E-state index contributed by atoms with van der Waals surface area (Å²) in [4.78, 5) is 27.0. The summed E-state index contributed by atoms with van der Waals surface area (Å²) >= 11 is 0. The molecule has 3 rings (SSSR count). The van der Waals surface area contributed by atoms with Crippen LogP contribution in [-0.2, 0) is 14.3 Å². The first-order valence-electron chi connectivity index (χ1n) is 7.73. The van der Waals surface area contributed by atoms with Crippen LogP contribution in [0.2, 0.25) is 0 Å². The molecule has 0 aromatic heterocycles. The first-order valence-corrected chi connectivity index (χ1v) is 7.73. The van der Waals surface area contributed by atoms with Crippen molar-refractivity contribution in [3.8, 4) is 11.5 Å². The predicted octanol–water partition coefficient (Wildman–Crippen LogP) is 1.90. The quantitative estimate of drug-likeness (QED) is 0.632. The van der Waals surface area contributed by atoms with E-state index in [-0.39, 0.29) is 18.2 Å². The van der Waals surface area contributed by atoms with Crippen LogP contribution in [0.25, 0.3) is 6.08 Å². The van der Waals surface area contributed by atoms with Crippen molar-refractivity contribution >= 4 is 23.9 Å². The van der Waals surface area contributed by atoms with Crippen LogP contribution in [-0.4, -0.2) is 31.5 Å². The van der Waals surface area contributed by atoms with E-state index in [0.717, 1.165) is 5.56 Å². The molecule has 0 radical (unpaired) electrons. The first kappa shape index (κ1) is 17.2. The lowest BCUT2D eigenvalue weighted by Crippen LogP contribution is -2.19. The molecule has 1 aliphatic heterocycles. The number of cyclic esters (lactones) is 1. The maximum absolute atomic E-state index is 12.0. The number of aliphatic imine (C=N–C) groups is 1. The average molecular weight is 352 g/mol. The molecule has 0 atom stereocenters. The van der Waals surface area contributed by atoms with E-state index in [1.807, 2.05) is 0 Å². The largest absolute Gasteiger partial charge is 0.497 e. The van der Waals surface area contributed by atoms with Crippen molar-refractivity contribution in [3.63, 3.8) is 0 Å². The molecule has 0 saturated carbocycles. The van der Waals surface area contributed by atoms with Crippen molar-refractivity contribution in [2.75, 3.05) is 13.7 Å². The molecule has 0 aliphatic carbocycles. The maximum Gasteiger partial charge on any atom is 0.363 e. The summed E-state index contributed by atoms with van der Waals surface area (Å²) in [7, 11) is 1.56. The molecule has 7 heteroatoms. The van der Waals surface area contributed by atoms with Crippen LogP contribution in [0.5, 0.6) is 11.5 Å². The minimum atomic E-state index is -0.552. The van der Waals surface area contributed by atoms with Gasteiger partial charge in [0.05, 0.1) is 7.11 Å². The molecule has 0 bridgehead atoms. The van der Waals surface area contributed by atoms with Gasteiger partial charge in [0.25, 0.3) is 5.91 Å². The van der Waals surface area contributed by atoms with Gasteiger partial charge in [0.1, 0.15) is 11.5 Å². The third-order valence-electron chi connectivity index (χ3n) is 3.50. The Morgan fingerprint density at radius 1 is 1.19 bits per heavy atom. The lowest BCUT2D eigenvalue weighted by molar-refractivity contribution is -0.130. The van der Waals surface area contributed by atoms with Crippen LogP contribution in [0.15, 0.2) is 59.2 Å². The van der Waals surface area contributed by atoms with Gasteiger partial charge < -0.3 is 19.9 Å². The van der Waals surface area contributed by atoms with Gasteiger partial charge in [-0.1, -0.05) is 18.2 Å². The fraction of sp³-hybridized carbons (Fsp3) is 0.105. The highest BCUT2D eigenvalue weighted by Crippen LogP contribution is 2.22. The molecule has 0 fully saturated rings. The number of carbonyl (C=O) groups is 2. The summed E-state index contributed by atoms with van der Waals surface area (Å²) < 4.78 is 15.6. The topological polar surface area (TPSA) is 100 Å². The molecule has 2 N–H and O–H groups in total. The zero-order valence-corrected chi connectivity index (χ0v) is 14.0. The summed E-state index contributed by atoms with van der Waals surface area (Å²) in [5.41, 5.74) is 6.60. The molecule has 1 aliphatic rings. The predicted molar refractivity (Wildman–Crippen MR) is 94.7 cm³/mol. The van der Waals surface area contributed by atoms with E-state index in [9.17, 15) is 9.59 Å². The Labute approximate surface area is 149 Å². The normalized spacial score (nSPS) is 14.7. The second-order valence-electron chi connectivity index (χ2n) is 5.39. The SMILES string of the molecule is COc1cccc(C2=N/C(=C\c3ccc(OCC(N)=O)cc3)C(=O)O2)c1. The summed E-state index contributed by atoms with van der Waals surface area (Å²) in [6, 6.07) is 13.9. The second kappa shape index (κ2) is 7.52. The van der Waals surface area contributed by atoms with Gasteiger partial charge in [0, 0.05) is 5.56 Å². The van der Waals surface area contributed by atoms with Crippen LogP contribution in [0.1, 0.15) is 11.1 Å². The lowest BCUT2D eigenvalue weighted by Gasteiger charge is -2.03. The molecule has 1 heterocycles. The number of benzene rings is 2. The highest BCUT2D eigenvalue weighted by Gasteiger charge is 2.24. The van der Waals surface area contributed by atoms with Gasteiger partial charge >= 0.3 is 5.97 Å². The summed E-state index contributed by atoms with van der Waals surface area (Å²) in [6.07, 6.45) is 1.60. The van der Waals surface area contributed by atoms with E-state index in [2.05, 4.69) is 4.99 Å². The number of nitrogens with zero attached hydrogens (tertiary/aromatic N) is 1. The van der Waals surface area contributed by atoms with E-state index in [1.165, 1.54) is 0 Å². The monoisotopic (exact) mass is 352 g/mol. The Balaban J connectivity index is 1.78. The fourth-order valence-corrected chi connectivity index (χ4v) is 2.26. The highest BCUT2D eigenvalue weighted by atomic mass is 16.6. The number of amides is 1. The van der Waals surface area contributed by atoms with Crippen molar-refractivity contribution in [2.45, 2.75) is 0 Å². The molecule has 1 amide bonds. The fourth-order valence-electron chi connectivity index (χ4n) is 2.26. The maximum atomic E-state index is 12.0. The van der Waals surface area contributed by atoms with E-state index >= 15 is 0 Å². The summed E-state index contributed by atoms with van der Waals surface area (Å²) in [5, 5.41) is 0. The number of carbonyl (C=O) groups excluding carboxylic acids is 2. The Morgan fingerprint density at radius 2 is 1.96 bits per heavy atom. The van der Waals surface area contributed by atoms with E-state index in [0.29, 0.717) is 17.1 Å². The van der Waals surface area contributed by atoms with Crippen LogP contribution in [0.3, 0.4) is 0 Å². The number of rotatable bonds is 6. The number of nitrogens with two attached hydrogens (primary N) is 1. The van der Waals surface area contributed by atoms with E-state index in [1.54, 1.807) is 61.7 Å². The Morgan fingerprint density at radius 3 is 2.65 bits per heavy atom. The molecule has 2 aromatic carbocycles. The Kier molecular flexibility index (Phi) is 4.98. The standard InChI is InChI=1S/C19H16N2O5/c1-24-15-4-2-3-13(10-15)18-21-16(19(23)26-18)9-12-5-7-14(8-6-12)25-11-17(20)22/h2-10H,11H2,1H3,(H2,20,22)/b16-9-. The van der Waals surface area contributed by atoms with Crippen molar-refractivity contribution in [2.24, 2.45) is 10.7 Å². The lowest BCUT2D eigenvalue weighted by atomic mass is 10.2. The van der Waals surface area contributed by atoms with Gasteiger partial charge in [0.2, 0.25) is 5.90 Å². The third-order valence-corrected chi connectivity index (χ3v) is 3.50. The number of esters is 1. The molecular weight excluding hydrogens is 336 g/mol. The minimum absolute atomic E-state index is 0.189. The van der Waals surface area contributed by atoms with Crippen molar-refractivity contribution < 1.29 is 23.8 Å². The van der Waals surface area contributed by atoms with Crippen molar-refractivity contribution in [1.29, 1.82) is 0 Å². The van der Waals surface area contributed by atoms with Gasteiger partial charge in [-0.05, 0) is 42.0 Å². The van der Waals surface area contributed by atoms with Gasteiger partial charge in [-0.3, -0.25) is 4.79 Å². The molecule has 26 heavy (non-hydrogen) atoms. The van der Waals surface area contributed by atoms with Gasteiger partial charge in [0.15, 0.2) is 12.3 Å². The zero-order chi connectivity index (χ0) is 18.5. The second-order valence-corrected chi connectivity index (χ2v) is 5.39. The highest BCUT2D eigenvalue weighted by molar-refractivity contribution is 6.12. The van der Waals surface area contributed by atoms with E-state index in [4.69, 9.17) is 19.9 Å². The van der Waals surface area contributed by atoms with Gasteiger partial charge in [-0.2, -0.15) is 0 Å². The molecule has 2 aromatic rings. The summed E-state index contributed by atoms with van der Waals surface area (Å²) in [5.74, 6) is 0.286. The zero-order valence-electron chi connectivity index (χ0n) is 14.0. The number of ether oxygens (including phenoxy) is 3. The molecule has 7 nitrogen and oxygen atoms in total. The van der Waals surface area contributed by atoms with Crippen LogP contribution in [0, 0.1) is 0 Å². The molecule has 132 valence electrons. The van der Waals surface area contributed by atoms with Gasteiger partial charge in [-0.15, -0.1) is 0 Å². The number of hydrogen-bond acceptors (Lipinski definition) is 6. The number of primary amides is 1. The van der Waals surface area contributed by atoms with Crippen LogP contribution in [0.4, 0.5) is 0 Å². The van der Waals surface area contributed by atoms with Crippen LogP contribution >= 0.6 is 0 Å². The molecule has 0 spiro atoms.